The maximum Gasteiger partial charge on any atom is 0.255 e. The van der Waals surface area contributed by atoms with Crippen LogP contribution in [-0.4, -0.2) is 49.8 Å². The molecule has 0 saturated carbocycles. The van der Waals surface area contributed by atoms with Crippen LogP contribution in [0.2, 0.25) is 0 Å². The van der Waals surface area contributed by atoms with Gasteiger partial charge in [-0.1, -0.05) is 42.5 Å². The van der Waals surface area contributed by atoms with Crippen molar-refractivity contribution in [3.8, 4) is 22.3 Å². The SMILES string of the molecule is Cn1cc(-c2cnc(N)c(C(=O)N[C@@H]3CCN(Cc4cccc(-c5ccc(CO)cc5)c4)C3)c2)cn1. The largest absolute Gasteiger partial charge is 0.392 e. The van der Waals surface area contributed by atoms with Crippen molar-refractivity contribution in [2.45, 2.75) is 25.6 Å². The monoisotopic (exact) mass is 482 g/mol. The number of aryl methyl sites for hydroxylation is 1. The van der Waals surface area contributed by atoms with Crippen LogP contribution in [0.1, 0.15) is 27.9 Å². The zero-order chi connectivity index (χ0) is 25.1. The number of nitrogens with zero attached hydrogens (tertiary/aromatic N) is 4. The Hall–Kier alpha value is -4.01. The fraction of sp³-hybridized carbons (Fsp3) is 0.250. The molecule has 4 N–H and O–H groups in total. The zero-order valence-corrected chi connectivity index (χ0v) is 20.3. The van der Waals surface area contributed by atoms with Crippen LogP contribution in [0, 0.1) is 0 Å². The molecule has 1 aliphatic heterocycles. The van der Waals surface area contributed by atoms with E-state index in [1.54, 1.807) is 23.1 Å². The molecule has 3 heterocycles. The summed E-state index contributed by atoms with van der Waals surface area (Å²) >= 11 is 0. The maximum absolute atomic E-state index is 13.0. The Labute approximate surface area is 210 Å². The van der Waals surface area contributed by atoms with E-state index in [9.17, 15) is 9.90 Å². The molecule has 1 saturated heterocycles. The lowest BCUT2D eigenvalue weighted by Gasteiger charge is -2.18. The van der Waals surface area contributed by atoms with E-state index >= 15 is 0 Å². The standard InChI is InChI=1S/C28H30N6O2/c1-33-16-24(14-31-33)23-12-26(27(29)30-13-23)28(36)32-25-9-10-34(17-25)15-20-3-2-4-22(11-20)21-7-5-19(18-35)6-8-21/h2-8,11-14,16,25,35H,9-10,15,17-18H2,1H3,(H2,29,30)(H,32,36)/t25-/m1/s1. The first kappa shape index (κ1) is 23.7. The molecule has 4 aromatic rings. The van der Waals surface area contributed by atoms with Gasteiger partial charge in [0.2, 0.25) is 0 Å². The van der Waals surface area contributed by atoms with Crippen molar-refractivity contribution in [3.05, 3.63) is 89.9 Å². The van der Waals surface area contributed by atoms with Gasteiger partial charge in [-0.2, -0.15) is 5.10 Å². The summed E-state index contributed by atoms with van der Waals surface area (Å²) in [6.07, 6.45) is 6.16. The van der Waals surface area contributed by atoms with Gasteiger partial charge in [-0.3, -0.25) is 14.4 Å². The van der Waals surface area contributed by atoms with Crippen LogP contribution in [-0.2, 0) is 20.2 Å². The minimum absolute atomic E-state index is 0.0476. The minimum Gasteiger partial charge on any atom is -0.392 e. The van der Waals surface area contributed by atoms with Crippen molar-refractivity contribution in [1.29, 1.82) is 0 Å². The van der Waals surface area contributed by atoms with Gasteiger partial charge in [0.05, 0.1) is 18.4 Å². The molecule has 1 fully saturated rings. The lowest BCUT2D eigenvalue weighted by molar-refractivity contribution is 0.0938. The first-order valence-electron chi connectivity index (χ1n) is 12.1. The van der Waals surface area contributed by atoms with Crippen LogP contribution in [0.3, 0.4) is 0 Å². The molecule has 5 rings (SSSR count). The molecule has 0 spiro atoms. The van der Waals surface area contributed by atoms with E-state index in [0.717, 1.165) is 53.9 Å². The Kier molecular flexibility index (Phi) is 6.79. The third-order valence-corrected chi connectivity index (χ3v) is 6.61. The van der Waals surface area contributed by atoms with Gasteiger partial charge in [0.15, 0.2) is 0 Å². The predicted molar refractivity (Wildman–Crippen MR) is 140 cm³/mol. The quantitative estimate of drug-likeness (QED) is 0.373. The highest BCUT2D eigenvalue weighted by Crippen LogP contribution is 2.24. The average molecular weight is 483 g/mol. The smallest absolute Gasteiger partial charge is 0.255 e. The van der Waals surface area contributed by atoms with Crippen molar-refractivity contribution >= 4 is 11.7 Å². The van der Waals surface area contributed by atoms with Gasteiger partial charge in [0.25, 0.3) is 5.91 Å². The van der Waals surface area contributed by atoms with Gasteiger partial charge in [-0.15, -0.1) is 0 Å². The Bertz CT molecular complexity index is 1360. The number of nitrogens with one attached hydrogen (secondary N) is 1. The number of anilines is 1. The molecular weight excluding hydrogens is 452 g/mol. The fourth-order valence-electron chi connectivity index (χ4n) is 4.65. The number of hydrogen-bond donors (Lipinski definition) is 3. The van der Waals surface area contributed by atoms with Crippen molar-refractivity contribution in [2.24, 2.45) is 7.05 Å². The number of benzene rings is 2. The van der Waals surface area contributed by atoms with Crippen LogP contribution >= 0.6 is 0 Å². The summed E-state index contributed by atoms with van der Waals surface area (Å²) in [6, 6.07) is 18.3. The van der Waals surface area contributed by atoms with Crippen LogP contribution in [0.4, 0.5) is 5.82 Å². The van der Waals surface area contributed by atoms with Gasteiger partial charge < -0.3 is 16.2 Å². The second-order valence-electron chi connectivity index (χ2n) is 9.31. The van der Waals surface area contributed by atoms with E-state index in [2.05, 4.69) is 44.6 Å². The molecule has 0 radical (unpaired) electrons. The first-order chi connectivity index (χ1) is 17.5. The van der Waals surface area contributed by atoms with Crippen molar-refractivity contribution in [1.82, 2.24) is 25.0 Å². The Morgan fingerprint density at radius 1 is 1.06 bits per heavy atom. The van der Waals surface area contributed by atoms with Crippen LogP contribution in [0.5, 0.6) is 0 Å². The number of likely N-dealkylation sites (tertiary alicyclic amines) is 1. The van der Waals surface area contributed by atoms with Crippen LogP contribution in [0.25, 0.3) is 22.3 Å². The molecule has 36 heavy (non-hydrogen) atoms. The number of rotatable bonds is 7. The van der Waals surface area contributed by atoms with Gasteiger partial charge >= 0.3 is 0 Å². The van der Waals surface area contributed by atoms with E-state index in [1.165, 1.54) is 5.56 Å². The average Bonchev–Trinajstić information content (AvgIpc) is 3.53. The first-order valence-corrected chi connectivity index (χ1v) is 12.1. The van der Waals surface area contributed by atoms with E-state index in [-0.39, 0.29) is 24.4 Å². The second kappa shape index (κ2) is 10.3. The number of nitrogen functional groups attached to an aromatic ring is 1. The molecule has 1 amide bonds. The fourth-order valence-corrected chi connectivity index (χ4v) is 4.65. The highest BCUT2D eigenvalue weighted by atomic mass is 16.3. The normalized spacial score (nSPS) is 15.8. The van der Waals surface area contributed by atoms with E-state index in [0.29, 0.717) is 5.56 Å². The number of amides is 1. The van der Waals surface area contributed by atoms with Crippen molar-refractivity contribution < 1.29 is 9.90 Å². The van der Waals surface area contributed by atoms with Gasteiger partial charge in [-0.25, -0.2) is 4.98 Å². The Morgan fingerprint density at radius 2 is 1.89 bits per heavy atom. The molecule has 8 heteroatoms. The number of carbonyl (C=O) groups is 1. The highest BCUT2D eigenvalue weighted by molar-refractivity contribution is 5.99. The Balaban J connectivity index is 1.21. The topological polar surface area (TPSA) is 109 Å². The summed E-state index contributed by atoms with van der Waals surface area (Å²) in [6.45, 7) is 2.54. The molecular formula is C28H30N6O2. The lowest BCUT2D eigenvalue weighted by Crippen LogP contribution is -2.37. The number of aromatic nitrogens is 3. The number of carbonyl (C=O) groups excluding carboxylic acids is 1. The molecule has 0 unspecified atom stereocenters. The summed E-state index contributed by atoms with van der Waals surface area (Å²) in [4.78, 5) is 19.6. The number of hydrogen-bond acceptors (Lipinski definition) is 6. The predicted octanol–water partition coefficient (Wildman–Crippen LogP) is 3.23. The summed E-state index contributed by atoms with van der Waals surface area (Å²) in [5.74, 6) is 0.0183. The minimum atomic E-state index is -0.203. The van der Waals surface area contributed by atoms with Gasteiger partial charge in [0, 0.05) is 56.2 Å². The van der Waals surface area contributed by atoms with Gasteiger partial charge in [-0.05, 0) is 40.8 Å². The third-order valence-electron chi connectivity index (χ3n) is 6.61. The van der Waals surface area contributed by atoms with E-state index in [4.69, 9.17) is 5.73 Å². The maximum atomic E-state index is 13.0. The molecule has 1 atom stereocenters. The van der Waals surface area contributed by atoms with Gasteiger partial charge in [0.1, 0.15) is 5.82 Å². The van der Waals surface area contributed by atoms with Crippen LogP contribution < -0.4 is 11.1 Å². The summed E-state index contributed by atoms with van der Waals surface area (Å²) < 4.78 is 1.71. The highest BCUT2D eigenvalue weighted by Gasteiger charge is 2.25. The summed E-state index contributed by atoms with van der Waals surface area (Å²) in [5, 5.41) is 16.6. The molecule has 8 nitrogen and oxygen atoms in total. The third kappa shape index (κ3) is 5.30. The molecule has 2 aromatic carbocycles. The number of aliphatic hydroxyl groups excluding tert-OH is 1. The van der Waals surface area contributed by atoms with E-state index in [1.807, 2.05) is 37.5 Å². The number of aliphatic hydroxyl groups is 1. The second-order valence-corrected chi connectivity index (χ2v) is 9.31. The summed E-state index contributed by atoms with van der Waals surface area (Å²) in [7, 11) is 1.85. The lowest BCUT2D eigenvalue weighted by atomic mass is 10.0. The van der Waals surface area contributed by atoms with Crippen molar-refractivity contribution in [3.63, 3.8) is 0 Å². The van der Waals surface area contributed by atoms with E-state index < -0.39 is 0 Å². The molecule has 0 aliphatic carbocycles. The zero-order valence-electron chi connectivity index (χ0n) is 20.3. The van der Waals surface area contributed by atoms with Crippen LogP contribution in [0.15, 0.2) is 73.2 Å². The molecule has 0 bridgehead atoms. The Morgan fingerprint density at radius 3 is 2.64 bits per heavy atom. The summed E-state index contributed by atoms with van der Waals surface area (Å²) in [5.41, 5.74) is 12.5. The molecule has 184 valence electrons. The number of pyridine rings is 1. The van der Waals surface area contributed by atoms with Crippen molar-refractivity contribution in [2.75, 3.05) is 18.8 Å². The molecule has 2 aromatic heterocycles. The number of nitrogens with two attached hydrogens (primary N) is 1. The molecule has 1 aliphatic rings.